The van der Waals surface area contributed by atoms with Gasteiger partial charge in [-0.2, -0.15) is 5.10 Å². The van der Waals surface area contributed by atoms with E-state index in [9.17, 15) is 0 Å². The van der Waals surface area contributed by atoms with E-state index in [1.165, 1.54) is 37.8 Å². The second kappa shape index (κ2) is 5.48. The molecule has 1 fully saturated rings. The van der Waals surface area contributed by atoms with E-state index in [-0.39, 0.29) is 0 Å². The zero-order chi connectivity index (χ0) is 11.4. The van der Waals surface area contributed by atoms with Gasteiger partial charge in [-0.05, 0) is 37.8 Å². The van der Waals surface area contributed by atoms with E-state index < -0.39 is 0 Å². The van der Waals surface area contributed by atoms with Crippen molar-refractivity contribution in [3.8, 4) is 0 Å². The lowest BCUT2D eigenvalue weighted by Gasteiger charge is -2.22. The molecular formula is C13H23N3. The van der Waals surface area contributed by atoms with Crippen LogP contribution in [0.15, 0.2) is 12.3 Å². The Balaban J connectivity index is 2.06. The van der Waals surface area contributed by atoms with E-state index in [2.05, 4.69) is 23.4 Å². The number of rotatable bonds is 5. The molecular weight excluding hydrogens is 198 g/mol. The van der Waals surface area contributed by atoms with Gasteiger partial charge in [0.2, 0.25) is 0 Å². The Bertz CT molecular complexity index is 313. The molecule has 0 aromatic carbocycles. The zero-order valence-corrected chi connectivity index (χ0v) is 10.4. The third kappa shape index (κ3) is 2.64. The standard InChI is InChI=1S/C13H23N3/c1-3-9-14-13(11-6-4-5-7-11)12-8-10-16(2)15-12/h8,10-11,13-14H,3-7,9H2,1-2H3. The average molecular weight is 221 g/mol. The monoisotopic (exact) mass is 221 g/mol. The molecule has 0 spiro atoms. The van der Waals surface area contributed by atoms with E-state index in [4.69, 9.17) is 0 Å². The fourth-order valence-electron chi connectivity index (χ4n) is 2.70. The van der Waals surface area contributed by atoms with Crippen LogP contribution in [0.1, 0.15) is 50.8 Å². The summed E-state index contributed by atoms with van der Waals surface area (Å²) >= 11 is 0. The third-order valence-electron chi connectivity index (χ3n) is 3.54. The smallest absolute Gasteiger partial charge is 0.0796 e. The third-order valence-corrected chi connectivity index (χ3v) is 3.54. The summed E-state index contributed by atoms with van der Waals surface area (Å²) < 4.78 is 1.91. The van der Waals surface area contributed by atoms with Gasteiger partial charge >= 0.3 is 0 Å². The molecule has 0 saturated heterocycles. The van der Waals surface area contributed by atoms with Crippen LogP contribution in [-0.4, -0.2) is 16.3 Å². The van der Waals surface area contributed by atoms with E-state index >= 15 is 0 Å². The van der Waals surface area contributed by atoms with E-state index in [1.807, 2.05) is 17.9 Å². The van der Waals surface area contributed by atoms with Crippen LogP contribution in [-0.2, 0) is 7.05 Å². The fourth-order valence-corrected chi connectivity index (χ4v) is 2.70. The first-order valence-corrected chi connectivity index (χ1v) is 6.54. The molecule has 90 valence electrons. The maximum atomic E-state index is 4.56. The molecule has 3 nitrogen and oxygen atoms in total. The van der Waals surface area contributed by atoms with Crippen LogP contribution in [0.4, 0.5) is 0 Å². The van der Waals surface area contributed by atoms with Gasteiger partial charge in [-0.1, -0.05) is 19.8 Å². The maximum Gasteiger partial charge on any atom is 0.0796 e. The lowest BCUT2D eigenvalue weighted by Crippen LogP contribution is -2.28. The van der Waals surface area contributed by atoms with E-state index in [0.29, 0.717) is 6.04 Å². The van der Waals surface area contributed by atoms with Crippen LogP contribution in [0.5, 0.6) is 0 Å². The number of hydrogen-bond donors (Lipinski definition) is 1. The molecule has 1 saturated carbocycles. The fraction of sp³-hybridized carbons (Fsp3) is 0.769. The molecule has 0 amide bonds. The summed E-state index contributed by atoms with van der Waals surface area (Å²) in [7, 11) is 2.00. The summed E-state index contributed by atoms with van der Waals surface area (Å²) in [6.07, 6.45) is 8.74. The number of nitrogens with zero attached hydrogens (tertiary/aromatic N) is 2. The van der Waals surface area contributed by atoms with Crippen LogP contribution in [0.2, 0.25) is 0 Å². The average Bonchev–Trinajstić information content (AvgIpc) is 2.91. The summed E-state index contributed by atoms with van der Waals surface area (Å²) in [4.78, 5) is 0. The number of nitrogens with one attached hydrogen (secondary N) is 1. The summed E-state index contributed by atoms with van der Waals surface area (Å²) in [6.45, 7) is 3.31. The van der Waals surface area contributed by atoms with Crippen molar-refractivity contribution in [2.45, 2.75) is 45.1 Å². The van der Waals surface area contributed by atoms with Crippen LogP contribution < -0.4 is 5.32 Å². The maximum absolute atomic E-state index is 4.56. The van der Waals surface area contributed by atoms with Gasteiger partial charge in [-0.25, -0.2) is 0 Å². The second-order valence-electron chi connectivity index (χ2n) is 4.89. The van der Waals surface area contributed by atoms with Gasteiger partial charge in [0.1, 0.15) is 0 Å². The number of aryl methyl sites for hydroxylation is 1. The van der Waals surface area contributed by atoms with Crippen molar-refractivity contribution in [3.63, 3.8) is 0 Å². The highest BCUT2D eigenvalue weighted by atomic mass is 15.3. The molecule has 1 unspecified atom stereocenters. The predicted octanol–water partition coefficient (Wildman–Crippen LogP) is 2.65. The van der Waals surface area contributed by atoms with Gasteiger partial charge in [-0.3, -0.25) is 4.68 Å². The summed E-state index contributed by atoms with van der Waals surface area (Å²) in [5.41, 5.74) is 1.22. The molecule has 3 heteroatoms. The highest BCUT2D eigenvalue weighted by molar-refractivity contribution is 5.07. The topological polar surface area (TPSA) is 29.9 Å². The van der Waals surface area contributed by atoms with Crippen molar-refractivity contribution < 1.29 is 0 Å². The lowest BCUT2D eigenvalue weighted by molar-refractivity contribution is 0.359. The summed E-state index contributed by atoms with van der Waals surface area (Å²) in [6, 6.07) is 2.63. The highest BCUT2D eigenvalue weighted by Crippen LogP contribution is 2.34. The minimum Gasteiger partial charge on any atom is -0.308 e. The first-order valence-electron chi connectivity index (χ1n) is 6.54. The Morgan fingerprint density at radius 1 is 1.50 bits per heavy atom. The van der Waals surface area contributed by atoms with Crippen LogP contribution >= 0.6 is 0 Å². The zero-order valence-electron chi connectivity index (χ0n) is 10.4. The van der Waals surface area contributed by atoms with Gasteiger partial charge < -0.3 is 5.32 Å². The van der Waals surface area contributed by atoms with Crippen molar-refractivity contribution >= 4 is 0 Å². The molecule has 1 aliphatic rings. The van der Waals surface area contributed by atoms with Gasteiger partial charge in [0, 0.05) is 13.2 Å². The van der Waals surface area contributed by atoms with Gasteiger partial charge in [-0.15, -0.1) is 0 Å². The normalized spacial score (nSPS) is 19.1. The van der Waals surface area contributed by atoms with E-state index in [1.54, 1.807) is 0 Å². The van der Waals surface area contributed by atoms with Gasteiger partial charge in [0.05, 0.1) is 11.7 Å². The molecule has 0 radical (unpaired) electrons. The van der Waals surface area contributed by atoms with Crippen molar-refractivity contribution in [2.75, 3.05) is 6.54 Å². The summed E-state index contributed by atoms with van der Waals surface area (Å²) in [5, 5.41) is 8.23. The van der Waals surface area contributed by atoms with Crippen molar-refractivity contribution in [2.24, 2.45) is 13.0 Å². The van der Waals surface area contributed by atoms with Crippen molar-refractivity contribution in [3.05, 3.63) is 18.0 Å². The molecule has 1 N–H and O–H groups in total. The Labute approximate surface area is 98.2 Å². The summed E-state index contributed by atoms with van der Waals surface area (Å²) in [5.74, 6) is 0.793. The Morgan fingerprint density at radius 3 is 2.81 bits per heavy atom. The van der Waals surface area contributed by atoms with Crippen molar-refractivity contribution in [1.82, 2.24) is 15.1 Å². The second-order valence-corrected chi connectivity index (χ2v) is 4.89. The van der Waals surface area contributed by atoms with Crippen LogP contribution in [0, 0.1) is 5.92 Å². The molecule has 1 aromatic rings. The molecule has 16 heavy (non-hydrogen) atoms. The lowest BCUT2D eigenvalue weighted by atomic mass is 9.95. The Kier molecular flexibility index (Phi) is 3.99. The van der Waals surface area contributed by atoms with Crippen molar-refractivity contribution in [1.29, 1.82) is 0 Å². The highest BCUT2D eigenvalue weighted by Gasteiger charge is 2.27. The Morgan fingerprint density at radius 2 is 2.25 bits per heavy atom. The number of aromatic nitrogens is 2. The first kappa shape index (κ1) is 11.6. The molecule has 1 aromatic heterocycles. The van der Waals surface area contributed by atoms with Gasteiger partial charge in [0.25, 0.3) is 0 Å². The molecule has 0 aliphatic heterocycles. The predicted molar refractivity (Wildman–Crippen MR) is 66.2 cm³/mol. The minimum absolute atomic E-state index is 0.476. The molecule has 2 rings (SSSR count). The minimum atomic E-state index is 0.476. The Hall–Kier alpha value is -0.830. The van der Waals surface area contributed by atoms with Gasteiger partial charge in [0.15, 0.2) is 0 Å². The van der Waals surface area contributed by atoms with E-state index in [0.717, 1.165) is 12.5 Å². The largest absolute Gasteiger partial charge is 0.308 e. The van der Waals surface area contributed by atoms with Crippen LogP contribution in [0.25, 0.3) is 0 Å². The first-order chi connectivity index (χ1) is 7.81. The molecule has 0 bridgehead atoms. The number of hydrogen-bond acceptors (Lipinski definition) is 2. The van der Waals surface area contributed by atoms with Crippen LogP contribution in [0.3, 0.4) is 0 Å². The molecule has 1 aliphatic carbocycles. The molecule has 1 heterocycles. The quantitative estimate of drug-likeness (QED) is 0.828. The SMILES string of the molecule is CCCNC(c1ccn(C)n1)C1CCCC1. The molecule has 1 atom stereocenters.